The van der Waals surface area contributed by atoms with Gasteiger partial charge in [0.05, 0.1) is 25.4 Å². The van der Waals surface area contributed by atoms with E-state index in [0.29, 0.717) is 19.4 Å². The number of aliphatic hydroxyl groups is 2. The third-order valence-corrected chi connectivity index (χ3v) is 17.2. The van der Waals surface area contributed by atoms with Crippen LogP contribution in [-0.2, 0) is 14.3 Å². The first-order valence-corrected chi connectivity index (χ1v) is 36.8. The van der Waals surface area contributed by atoms with Gasteiger partial charge in [0.15, 0.2) is 0 Å². The topological polar surface area (TPSA) is 95.9 Å². The van der Waals surface area contributed by atoms with Crippen LogP contribution in [0.2, 0.25) is 0 Å². The zero-order valence-electron chi connectivity index (χ0n) is 54.8. The van der Waals surface area contributed by atoms with Gasteiger partial charge in [0.25, 0.3) is 0 Å². The molecule has 0 saturated heterocycles. The van der Waals surface area contributed by atoms with Crippen LogP contribution in [0.3, 0.4) is 0 Å². The van der Waals surface area contributed by atoms with Crippen LogP contribution in [0.1, 0.15) is 406 Å². The number of rotatable bonds is 69. The van der Waals surface area contributed by atoms with Crippen molar-refractivity contribution in [2.75, 3.05) is 13.2 Å². The van der Waals surface area contributed by atoms with Crippen LogP contribution in [0, 0.1) is 0 Å². The Kier molecular flexibility index (Phi) is 68.9. The number of carbonyl (C=O) groups excluding carboxylic acids is 2. The molecule has 0 saturated carbocycles. The van der Waals surface area contributed by atoms with Crippen LogP contribution < -0.4 is 5.32 Å². The molecule has 0 aromatic heterocycles. The lowest BCUT2D eigenvalue weighted by Gasteiger charge is -2.20. The summed E-state index contributed by atoms with van der Waals surface area (Å²) in [5.74, 6) is -0.0545. The Balaban J connectivity index is 3.44. The quantitative estimate of drug-likeness (QED) is 0.0320. The van der Waals surface area contributed by atoms with Gasteiger partial charge in [-0.25, -0.2) is 0 Å². The highest BCUT2D eigenvalue weighted by atomic mass is 16.5. The van der Waals surface area contributed by atoms with Crippen LogP contribution in [0.15, 0.2) is 36.5 Å². The van der Waals surface area contributed by atoms with Crippen LogP contribution in [0.4, 0.5) is 0 Å². The first-order valence-electron chi connectivity index (χ1n) is 36.8. The molecule has 6 nitrogen and oxygen atoms in total. The normalized spacial score (nSPS) is 12.7. The number of unbranched alkanes of at least 4 members (excludes halogenated alkanes) is 54. The number of hydrogen-bond donors (Lipinski definition) is 3. The van der Waals surface area contributed by atoms with Gasteiger partial charge >= 0.3 is 5.97 Å². The smallest absolute Gasteiger partial charge is 0.305 e. The van der Waals surface area contributed by atoms with Crippen molar-refractivity contribution >= 4 is 11.9 Å². The van der Waals surface area contributed by atoms with Crippen LogP contribution in [-0.4, -0.2) is 47.4 Å². The third kappa shape index (κ3) is 67.1. The van der Waals surface area contributed by atoms with Crippen molar-refractivity contribution in [2.45, 2.75) is 418 Å². The largest absolute Gasteiger partial charge is 0.466 e. The molecule has 81 heavy (non-hydrogen) atoms. The monoisotopic (exact) mass is 1140 g/mol. The average Bonchev–Trinajstić information content (AvgIpc) is 3.47. The maximum Gasteiger partial charge on any atom is 0.305 e. The minimum Gasteiger partial charge on any atom is -0.466 e. The van der Waals surface area contributed by atoms with E-state index in [1.807, 2.05) is 6.08 Å². The first-order chi connectivity index (χ1) is 40.0. The molecule has 0 rings (SSSR count). The van der Waals surface area contributed by atoms with E-state index in [-0.39, 0.29) is 18.5 Å². The van der Waals surface area contributed by atoms with Crippen molar-refractivity contribution in [1.82, 2.24) is 5.32 Å². The molecule has 2 unspecified atom stereocenters. The molecule has 0 aromatic carbocycles. The van der Waals surface area contributed by atoms with E-state index in [9.17, 15) is 19.8 Å². The Labute approximate surface area is 506 Å². The number of amides is 1. The van der Waals surface area contributed by atoms with E-state index in [0.717, 1.165) is 44.9 Å². The van der Waals surface area contributed by atoms with E-state index < -0.39 is 12.1 Å². The lowest BCUT2D eigenvalue weighted by molar-refractivity contribution is -0.143. The highest BCUT2D eigenvalue weighted by Gasteiger charge is 2.18. The number of carbonyl (C=O) groups is 2. The Morgan fingerprint density at radius 1 is 0.346 bits per heavy atom. The van der Waals surface area contributed by atoms with Crippen LogP contribution in [0.5, 0.6) is 0 Å². The summed E-state index contributed by atoms with van der Waals surface area (Å²) in [4.78, 5) is 24.6. The van der Waals surface area contributed by atoms with Gasteiger partial charge in [-0.1, -0.05) is 365 Å². The minimum atomic E-state index is -0.848. The molecule has 0 aliphatic carbocycles. The van der Waals surface area contributed by atoms with Gasteiger partial charge in [0.1, 0.15) is 0 Å². The zero-order valence-corrected chi connectivity index (χ0v) is 54.8. The van der Waals surface area contributed by atoms with Crippen molar-refractivity contribution in [3.8, 4) is 0 Å². The molecule has 3 N–H and O–H groups in total. The van der Waals surface area contributed by atoms with E-state index in [1.54, 1.807) is 6.08 Å². The maximum atomic E-state index is 12.5. The van der Waals surface area contributed by atoms with Crippen molar-refractivity contribution in [1.29, 1.82) is 0 Å². The molecule has 6 heteroatoms. The lowest BCUT2D eigenvalue weighted by atomic mass is 10.0. The standard InChI is InChI=1S/C75H143NO5/c1-3-5-7-9-11-13-15-17-18-19-20-21-22-28-31-34-37-40-44-47-51-55-59-63-67-73(78)72(71-77)76-74(79)68-64-60-56-52-48-45-41-38-35-32-29-26-24-23-25-27-30-33-36-39-42-46-50-54-58-62-66-70-81-75(80)69-65-61-57-53-49-43-16-14-12-10-8-6-4-2/h23-24,27,30,63,67,72-73,77-78H,3-22,25-26,28-29,31-62,64-66,68-71H2,1-2H3,(H,76,79)/b24-23-,30-27-,67-63+. The van der Waals surface area contributed by atoms with E-state index >= 15 is 0 Å². The second kappa shape index (κ2) is 70.6. The molecule has 0 fully saturated rings. The van der Waals surface area contributed by atoms with Crippen molar-refractivity contribution in [3.63, 3.8) is 0 Å². The molecular weight excluding hydrogens is 995 g/mol. The first kappa shape index (κ1) is 79.1. The molecular formula is C75H143NO5. The van der Waals surface area contributed by atoms with Gasteiger partial charge in [-0.3, -0.25) is 9.59 Å². The van der Waals surface area contributed by atoms with Crippen molar-refractivity contribution in [2.24, 2.45) is 0 Å². The van der Waals surface area contributed by atoms with E-state index in [4.69, 9.17) is 4.74 Å². The molecule has 2 atom stereocenters. The van der Waals surface area contributed by atoms with Crippen LogP contribution in [0.25, 0.3) is 0 Å². The summed E-state index contributed by atoms with van der Waals surface area (Å²) in [7, 11) is 0. The summed E-state index contributed by atoms with van der Waals surface area (Å²) < 4.78 is 5.48. The van der Waals surface area contributed by atoms with Gasteiger partial charge in [-0.15, -0.1) is 0 Å². The molecule has 0 radical (unpaired) electrons. The molecule has 0 aliphatic heterocycles. The molecule has 1 amide bonds. The number of nitrogens with one attached hydrogen (secondary N) is 1. The second-order valence-electron chi connectivity index (χ2n) is 25.3. The van der Waals surface area contributed by atoms with Crippen molar-refractivity contribution < 1.29 is 24.5 Å². The molecule has 478 valence electrons. The molecule has 0 aliphatic rings. The maximum absolute atomic E-state index is 12.5. The fourth-order valence-electron chi connectivity index (χ4n) is 11.6. The second-order valence-corrected chi connectivity index (χ2v) is 25.3. The summed E-state index contributed by atoms with van der Waals surface area (Å²) in [6.45, 7) is 4.94. The summed E-state index contributed by atoms with van der Waals surface area (Å²) in [5.41, 5.74) is 0. The van der Waals surface area contributed by atoms with Gasteiger partial charge in [0.2, 0.25) is 5.91 Å². The summed E-state index contributed by atoms with van der Waals surface area (Å²) in [6.07, 6.45) is 90.9. The molecule has 0 bridgehead atoms. The average molecular weight is 1140 g/mol. The fraction of sp³-hybridized carbons (Fsp3) is 0.893. The molecule has 0 heterocycles. The number of esters is 1. The summed E-state index contributed by atoms with van der Waals surface area (Å²) in [5, 5.41) is 23.3. The van der Waals surface area contributed by atoms with Gasteiger partial charge in [0, 0.05) is 12.8 Å². The predicted molar refractivity (Wildman–Crippen MR) is 356 cm³/mol. The minimum absolute atomic E-state index is 0.0124. The number of ether oxygens (including phenoxy) is 1. The van der Waals surface area contributed by atoms with E-state index in [2.05, 4.69) is 43.5 Å². The fourth-order valence-corrected chi connectivity index (χ4v) is 11.6. The SMILES string of the molecule is CCCCCCCCCCCCCCCCCCCCCCCC/C=C/C(O)C(CO)NC(=O)CCCCCCCCCCCCC/C=C\C/C=C\CCCCCCCCCCCOC(=O)CCCCCCCCCCCCCCC. The number of aliphatic hydroxyl groups excluding tert-OH is 2. The Morgan fingerprint density at radius 2 is 0.617 bits per heavy atom. The van der Waals surface area contributed by atoms with Gasteiger partial charge in [-0.05, 0) is 64.2 Å². The Bertz CT molecular complexity index is 1310. The predicted octanol–water partition coefficient (Wildman–Crippen LogP) is 23.9. The summed E-state index contributed by atoms with van der Waals surface area (Å²) >= 11 is 0. The Hall–Kier alpha value is -1.92. The lowest BCUT2D eigenvalue weighted by Crippen LogP contribution is -2.45. The van der Waals surface area contributed by atoms with Gasteiger partial charge < -0.3 is 20.3 Å². The highest BCUT2D eigenvalue weighted by Crippen LogP contribution is 2.19. The summed E-state index contributed by atoms with van der Waals surface area (Å²) in [6, 6.07) is -0.632. The Morgan fingerprint density at radius 3 is 0.938 bits per heavy atom. The van der Waals surface area contributed by atoms with Crippen LogP contribution >= 0.6 is 0 Å². The number of allylic oxidation sites excluding steroid dienone is 5. The molecule has 0 aromatic rings. The highest BCUT2D eigenvalue weighted by molar-refractivity contribution is 5.76. The molecule has 0 spiro atoms. The van der Waals surface area contributed by atoms with E-state index in [1.165, 1.54) is 334 Å². The van der Waals surface area contributed by atoms with Crippen molar-refractivity contribution in [3.05, 3.63) is 36.5 Å². The number of hydrogen-bond acceptors (Lipinski definition) is 5. The zero-order chi connectivity index (χ0) is 58.5. The third-order valence-electron chi connectivity index (χ3n) is 17.2. The van der Waals surface area contributed by atoms with Gasteiger partial charge in [-0.2, -0.15) is 0 Å².